The predicted molar refractivity (Wildman–Crippen MR) is 224 cm³/mol. The molecule has 352 valence electrons. The number of rotatable bonds is 25. The van der Waals surface area contributed by atoms with Crippen molar-refractivity contribution in [2.45, 2.75) is 114 Å². The van der Waals surface area contributed by atoms with Gasteiger partial charge in [-0.2, -0.15) is 0 Å². The summed E-state index contributed by atoms with van der Waals surface area (Å²) in [6.07, 6.45) is -21.8. The standard InChI is InChI=1S/C40H49B2F3N3O16P/c1-6-7-18-55-28(20-57-36(52)26-14-10-8-11-15-26)19-29(64-41-42-65)32(62-37(53)27-16-12-9-13-17-27)35(38(54)58-22(2)40(43,44)45)63-39-31(47-48-46)34(60-25(5)51)33(59-24(4)50)30(61-39)21-56-23(3)49/h8-17,28-35,38-39,54H,2,6-7,18-21,65H2,1,3-5H3/t28-,29-,30-,31?,32?,33-,34?,35-,38?,39-/m1/s1. The number of halogens is 3. The zero-order valence-electron chi connectivity index (χ0n) is 35.8. The second kappa shape index (κ2) is 27.2. The number of carbonyl (C=O) groups is 5. The van der Waals surface area contributed by atoms with E-state index in [-0.39, 0.29) is 17.7 Å². The van der Waals surface area contributed by atoms with Gasteiger partial charge < -0.3 is 0 Å². The molecule has 0 aliphatic carbocycles. The molecule has 0 radical (unpaired) electrons. The summed E-state index contributed by atoms with van der Waals surface area (Å²) in [4.78, 5) is 66.5. The molecular weight excluding hydrogens is 888 g/mol. The Kier molecular flexibility index (Phi) is 22.6. The van der Waals surface area contributed by atoms with E-state index in [1.807, 2.05) is 6.92 Å². The molecule has 25 heteroatoms. The van der Waals surface area contributed by atoms with Crippen LogP contribution in [-0.2, 0) is 61.7 Å². The van der Waals surface area contributed by atoms with Crippen molar-refractivity contribution in [2.75, 3.05) is 19.8 Å². The monoisotopic (exact) mass is 937 g/mol. The summed E-state index contributed by atoms with van der Waals surface area (Å²) in [5.41, 5.74) is 9.81. The predicted octanol–water partition coefficient (Wildman–Crippen LogP) is 4.68. The molecule has 0 amide bonds. The van der Waals surface area contributed by atoms with E-state index in [1.165, 1.54) is 42.9 Å². The van der Waals surface area contributed by atoms with E-state index in [1.54, 1.807) is 24.3 Å². The van der Waals surface area contributed by atoms with Gasteiger partial charge in [0.1, 0.15) is 0 Å². The minimum atomic E-state index is -5.28. The third-order valence-corrected chi connectivity index (χ3v) is 9.19. The second-order valence-corrected chi connectivity index (χ2v) is 14.4. The van der Waals surface area contributed by atoms with Crippen LogP contribution in [0.3, 0.4) is 0 Å². The third-order valence-electron chi connectivity index (χ3n) is 9.04. The van der Waals surface area contributed by atoms with Gasteiger partial charge in [-0.15, -0.1) is 0 Å². The number of carbonyl (C=O) groups excluding carboxylic acids is 5. The Balaban J connectivity index is 2.29. The molecule has 1 N–H and O–H groups in total. The molecule has 1 fully saturated rings. The fourth-order valence-electron chi connectivity index (χ4n) is 6.12. The van der Waals surface area contributed by atoms with Crippen LogP contribution in [0.5, 0.6) is 0 Å². The van der Waals surface area contributed by atoms with Crippen LogP contribution in [-0.4, -0.2) is 136 Å². The van der Waals surface area contributed by atoms with Crippen LogP contribution in [0.25, 0.3) is 10.4 Å². The van der Waals surface area contributed by atoms with E-state index >= 15 is 0 Å². The number of alkyl halides is 3. The number of hydrogen-bond acceptors (Lipinski definition) is 17. The number of aliphatic hydroxyl groups excluding tert-OH is 1. The van der Waals surface area contributed by atoms with Gasteiger partial charge >= 0.3 is 376 Å². The first kappa shape index (κ1) is 54.0. The number of aliphatic hydroxyl groups is 1. The van der Waals surface area contributed by atoms with Crippen LogP contribution in [0, 0.1) is 0 Å². The Hall–Kier alpha value is -5.37. The van der Waals surface area contributed by atoms with Crippen LogP contribution in [0.2, 0.25) is 0 Å². The number of benzene rings is 2. The maximum atomic E-state index is 14.0. The molecule has 5 unspecified atom stereocenters. The van der Waals surface area contributed by atoms with Gasteiger partial charge in [0.05, 0.1) is 0 Å². The Morgan fingerprint density at radius 2 is 1.51 bits per heavy atom. The van der Waals surface area contributed by atoms with Gasteiger partial charge in [-0.3, -0.25) is 0 Å². The molecule has 2 aromatic carbocycles. The van der Waals surface area contributed by atoms with Crippen molar-refractivity contribution < 1.29 is 89.5 Å². The fourth-order valence-corrected chi connectivity index (χ4v) is 6.21. The zero-order valence-corrected chi connectivity index (χ0v) is 36.9. The number of hydrogen-bond donors (Lipinski definition) is 1. The molecule has 3 rings (SSSR count). The molecule has 1 aliphatic rings. The second-order valence-electron chi connectivity index (χ2n) is 14.0. The summed E-state index contributed by atoms with van der Waals surface area (Å²) in [6, 6.07) is 13.2. The molecular formula is C40H49B2F3N3O16P. The van der Waals surface area contributed by atoms with E-state index in [9.17, 15) is 47.8 Å². The number of unbranched alkanes of at least 4 members (excludes halogenated alkanes) is 1. The number of esters is 5. The van der Waals surface area contributed by atoms with Crippen molar-refractivity contribution in [3.8, 4) is 0 Å². The molecule has 0 aromatic heterocycles. The Labute approximate surface area is 375 Å². The first-order valence-electron chi connectivity index (χ1n) is 20.0. The van der Waals surface area contributed by atoms with Gasteiger partial charge in [0.25, 0.3) is 0 Å². The number of allylic oxidation sites excluding steroid dienone is 1. The molecule has 0 saturated carbocycles. The molecule has 1 heterocycles. The average Bonchev–Trinajstić information content (AvgIpc) is 3.26. The van der Waals surface area contributed by atoms with Crippen LogP contribution in [0.4, 0.5) is 13.2 Å². The Morgan fingerprint density at radius 3 is 2.05 bits per heavy atom. The summed E-state index contributed by atoms with van der Waals surface area (Å²) < 4.78 is 98.6. The first-order valence-corrected chi connectivity index (χ1v) is 20.6. The van der Waals surface area contributed by atoms with E-state index < -0.39 is 123 Å². The van der Waals surface area contributed by atoms with Gasteiger partial charge in [-0.1, -0.05) is 0 Å². The molecule has 0 spiro atoms. The fraction of sp³-hybridized carbons (Fsp3) is 0.525. The molecule has 2 aromatic rings. The van der Waals surface area contributed by atoms with Crippen molar-refractivity contribution in [1.82, 2.24) is 0 Å². The SMILES string of the molecule is C=C(OC(O)[C@H](O[C@H]1O[C@H](COC(C)=O)[C@@H](OC(C)=O)C(OC(C)=O)C1N=[N+]=[N-])C(OC(=O)c1ccccc1)[C@@H](C[C@H](COC(=O)c1ccccc1)OCCCC)OB=BP)C(F)(F)F. The van der Waals surface area contributed by atoms with Crippen molar-refractivity contribution in [1.29, 1.82) is 0 Å². The van der Waals surface area contributed by atoms with E-state index in [0.717, 1.165) is 27.8 Å². The van der Waals surface area contributed by atoms with Gasteiger partial charge in [0.15, 0.2) is 0 Å². The first-order chi connectivity index (χ1) is 30.9. The van der Waals surface area contributed by atoms with Crippen LogP contribution in [0.1, 0.15) is 67.7 Å². The topological polar surface area (TPSA) is 247 Å². The minimum absolute atomic E-state index is 0.0966. The number of nitrogens with zero attached hydrogens (tertiary/aromatic N) is 3. The molecule has 1 aliphatic heterocycles. The summed E-state index contributed by atoms with van der Waals surface area (Å²) in [6.45, 7) is 7.94. The Morgan fingerprint density at radius 1 is 0.908 bits per heavy atom. The molecule has 11 atom stereocenters. The normalized spacial score (nSPS) is 20.4. The van der Waals surface area contributed by atoms with E-state index in [4.69, 9.17) is 47.3 Å². The van der Waals surface area contributed by atoms with Crippen molar-refractivity contribution in [2.24, 2.45) is 5.11 Å². The van der Waals surface area contributed by atoms with Gasteiger partial charge in [-0.25, -0.2) is 0 Å². The zero-order chi connectivity index (χ0) is 48.1. The van der Waals surface area contributed by atoms with Crippen molar-refractivity contribution >= 4 is 52.5 Å². The van der Waals surface area contributed by atoms with Crippen LogP contribution in [0.15, 0.2) is 78.1 Å². The van der Waals surface area contributed by atoms with Crippen molar-refractivity contribution in [3.63, 3.8) is 0 Å². The number of ether oxygens (including phenoxy) is 9. The quantitative estimate of drug-likeness (QED) is 0.0136. The molecule has 0 bridgehead atoms. The molecule has 1 saturated heterocycles. The van der Waals surface area contributed by atoms with E-state index in [0.29, 0.717) is 12.8 Å². The van der Waals surface area contributed by atoms with Crippen LogP contribution < -0.4 is 0 Å². The molecule has 19 nitrogen and oxygen atoms in total. The van der Waals surface area contributed by atoms with Crippen molar-refractivity contribution in [3.05, 3.63) is 94.6 Å². The van der Waals surface area contributed by atoms with Crippen LogP contribution >= 0.6 is 9.12 Å². The van der Waals surface area contributed by atoms with Gasteiger partial charge in [0.2, 0.25) is 0 Å². The summed E-state index contributed by atoms with van der Waals surface area (Å²) in [5.74, 6) is -6.66. The Bertz CT molecular complexity index is 1970. The number of azide groups is 1. The third kappa shape index (κ3) is 17.9. The van der Waals surface area contributed by atoms with E-state index in [2.05, 4.69) is 25.7 Å². The summed E-state index contributed by atoms with van der Waals surface area (Å²) in [5, 5.41) is 15.3. The maximum absolute atomic E-state index is 14.0. The summed E-state index contributed by atoms with van der Waals surface area (Å²) in [7, 11) is 3.31. The average molecular weight is 937 g/mol. The van der Waals surface area contributed by atoms with Gasteiger partial charge in [-0.05, 0) is 0 Å². The summed E-state index contributed by atoms with van der Waals surface area (Å²) >= 11 is 0. The van der Waals surface area contributed by atoms with Gasteiger partial charge in [0, 0.05) is 0 Å². The molecule has 65 heavy (non-hydrogen) atoms.